The summed E-state index contributed by atoms with van der Waals surface area (Å²) in [5.74, 6) is 0.126. The molecule has 1 fully saturated rings. The molecule has 1 aromatic rings. The fourth-order valence-corrected chi connectivity index (χ4v) is 2.19. The average molecular weight is 264 g/mol. The summed E-state index contributed by atoms with van der Waals surface area (Å²) in [6, 6.07) is -0.0690. The van der Waals surface area contributed by atoms with Crippen molar-refractivity contribution in [1.29, 1.82) is 0 Å². The summed E-state index contributed by atoms with van der Waals surface area (Å²) in [6.45, 7) is 7.86. The zero-order valence-corrected chi connectivity index (χ0v) is 12.1. The maximum atomic E-state index is 11.8. The van der Waals surface area contributed by atoms with E-state index < -0.39 is 0 Å². The van der Waals surface area contributed by atoms with Crippen LogP contribution in [0.15, 0.2) is 12.4 Å². The zero-order chi connectivity index (χ0) is 13.9. The van der Waals surface area contributed by atoms with Crippen molar-refractivity contribution in [3.05, 3.63) is 18.0 Å². The first-order chi connectivity index (χ1) is 8.97. The summed E-state index contributed by atoms with van der Waals surface area (Å²) in [4.78, 5) is 11.8. The number of carbonyl (C=O) groups excluding carboxylic acids is 1. The van der Waals surface area contributed by atoms with Crippen LogP contribution in [-0.4, -0.2) is 28.3 Å². The first-order valence-electron chi connectivity index (χ1n) is 7.02. The van der Waals surface area contributed by atoms with Gasteiger partial charge in [-0.3, -0.25) is 9.48 Å². The number of carbonyl (C=O) groups is 1. The molecule has 0 aliphatic carbocycles. The highest BCUT2D eigenvalue weighted by Crippen LogP contribution is 2.13. The van der Waals surface area contributed by atoms with Crippen LogP contribution in [0.25, 0.3) is 0 Å². The molecule has 1 aromatic heterocycles. The van der Waals surface area contributed by atoms with Crippen molar-refractivity contribution in [3.63, 3.8) is 0 Å². The van der Waals surface area contributed by atoms with Crippen LogP contribution >= 0.6 is 0 Å². The number of aromatic nitrogens is 2. The maximum absolute atomic E-state index is 11.8. The summed E-state index contributed by atoms with van der Waals surface area (Å²) >= 11 is 0. The van der Waals surface area contributed by atoms with Gasteiger partial charge in [-0.05, 0) is 40.0 Å². The smallest absolute Gasteiger partial charge is 0.237 e. The Labute approximate surface area is 114 Å². The molecule has 0 saturated carbocycles. The molecule has 0 unspecified atom stereocenters. The SMILES string of the molecule is CC(C)(C)n1cc(CN[C@H]2CCCCNC2=O)cn1. The molecule has 1 saturated heterocycles. The van der Waals surface area contributed by atoms with Crippen molar-refractivity contribution < 1.29 is 4.79 Å². The maximum Gasteiger partial charge on any atom is 0.237 e. The molecule has 0 aromatic carbocycles. The second-order valence-electron chi connectivity index (χ2n) is 6.18. The molecule has 2 rings (SSSR count). The number of nitrogens with one attached hydrogen (secondary N) is 2. The summed E-state index contributed by atoms with van der Waals surface area (Å²) < 4.78 is 1.96. The predicted octanol–water partition coefficient (Wildman–Crippen LogP) is 1.40. The largest absolute Gasteiger partial charge is 0.355 e. The van der Waals surface area contributed by atoms with E-state index in [0.717, 1.165) is 31.4 Å². The molecule has 2 N–H and O–H groups in total. The number of amides is 1. The van der Waals surface area contributed by atoms with Gasteiger partial charge in [0.1, 0.15) is 0 Å². The van der Waals surface area contributed by atoms with Gasteiger partial charge in [0.05, 0.1) is 17.8 Å². The number of rotatable bonds is 3. The van der Waals surface area contributed by atoms with Gasteiger partial charge in [0.15, 0.2) is 0 Å². The van der Waals surface area contributed by atoms with E-state index in [0.29, 0.717) is 6.54 Å². The van der Waals surface area contributed by atoms with Crippen molar-refractivity contribution in [2.24, 2.45) is 0 Å². The lowest BCUT2D eigenvalue weighted by Crippen LogP contribution is -2.42. The Balaban J connectivity index is 1.91. The van der Waals surface area contributed by atoms with Crippen molar-refractivity contribution in [3.8, 4) is 0 Å². The lowest BCUT2D eigenvalue weighted by molar-refractivity contribution is -0.122. The highest BCUT2D eigenvalue weighted by Gasteiger charge is 2.20. The molecule has 5 nitrogen and oxygen atoms in total. The van der Waals surface area contributed by atoms with Gasteiger partial charge < -0.3 is 10.6 Å². The molecule has 19 heavy (non-hydrogen) atoms. The second kappa shape index (κ2) is 5.74. The quantitative estimate of drug-likeness (QED) is 0.867. The molecule has 0 bridgehead atoms. The molecule has 0 spiro atoms. The third kappa shape index (κ3) is 3.80. The lowest BCUT2D eigenvalue weighted by Gasteiger charge is -2.19. The van der Waals surface area contributed by atoms with Gasteiger partial charge in [0.2, 0.25) is 5.91 Å². The van der Waals surface area contributed by atoms with E-state index in [1.807, 2.05) is 17.1 Å². The second-order valence-corrected chi connectivity index (χ2v) is 6.18. The average Bonchev–Trinajstić information content (AvgIpc) is 2.72. The van der Waals surface area contributed by atoms with E-state index in [2.05, 4.69) is 36.5 Å². The van der Waals surface area contributed by atoms with Gasteiger partial charge in [0.25, 0.3) is 0 Å². The Morgan fingerprint density at radius 3 is 2.95 bits per heavy atom. The minimum Gasteiger partial charge on any atom is -0.355 e. The van der Waals surface area contributed by atoms with Crippen molar-refractivity contribution in [2.45, 2.75) is 58.2 Å². The van der Waals surface area contributed by atoms with Crippen LogP contribution in [0, 0.1) is 0 Å². The standard InChI is InChI=1S/C14H24N4O/c1-14(2,3)18-10-11(9-17-18)8-16-12-6-4-5-7-15-13(12)19/h9-10,12,16H,4-8H2,1-3H3,(H,15,19)/t12-/m0/s1. The summed E-state index contributed by atoms with van der Waals surface area (Å²) in [7, 11) is 0. The first-order valence-corrected chi connectivity index (χ1v) is 7.02. The van der Waals surface area contributed by atoms with Crippen LogP contribution < -0.4 is 10.6 Å². The van der Waals surface area contributed by atoms with E-state index in [9.17, 15) is 4.79 Å². The number of hydrogen-bond donors (Lipinski definition) is 2. The summed E-state index contributed by atoms with van der Waals surface area (Å²) in [6.07, 6.45) is 7.00. The first kappa shape index (κ1) is 14.1. The Hall–Kier alpha value is -1.36. The fourth-order valence-electron chi connectivity index (χ4n) is 2.19. The lowest BCUT2D eigenvalue weighted by atomic mass is 10.1. The van der Waals surface area contributed by atoms with Crippen LogP contribution in [0.2, 0.25) is 0 Å². The molecule has 1 aliphatic heterocycles. The van der Waals surface area contributed by atoms with E-state index in [4.69, 9.17) is 0 Å². The molecule has 1 atom stereocenters. The normalized spacial score (nSPS) is 21.0. The molecular weight excluding hydrogens is 240 g/mol. The molecule has 5 heteroatoms. The van der Waals surface area contributed by atoms with Crippen LogP contribution in [-0.2, 0) is 16.9 Å². The highest BCUT2D eigenvalue weighted by molar-refractivity contribution is 5.81. The van der Waals surface area contributed by atoms with Crippen LogP contribution in [0.4, 0.5) is 0 Å². The fraction of sp³-hybridized carbons (Fsp3) is 0.714. The molecule has 1 aliphatic rings. The Bertz CT molecular complexity index is 433. The molecule has 0 radical (unpaired) electrons. The third-order valence-corrected chi connectivity index (χ3v) is 3.41. The number of nitrogens with zero attached hydrogens (tertiary/aromatic N) is 2. The zero-order valence-electron chi connectivity index (χ0n) is 12.1. The molecule has 2 heterocycles. The van der Waals surface area contributed by atoms with Gasteiger partial charge in [-0.2, -0.15) is 5.10 Å². The third-order valence-electron chi connectivity index (χ3n) is 3.41. The minimum absolute atomic E-state index is 0.00204. The van der Waals surface area contributed by atoms with Crippen LogP contribution in [0.3, 0.4) is 0 Å². The summed E-state index contributed by atoms with van der Waals surface area (Å²) in [5.41, 5.74) is 1.12. The Morgan fingerprint density at radius 1 is 1.47 bits per heavy atom. The van der Waals surface area contributed by atoms with E-state index in [1.54, 1.807) is 0 Å². The molecule has 1 amide bonds. The van der Waals surface area contributed by atoms with Crippen molar-refractivity contribution in [1.82, 2.24) is 20.4 Å². The van der Waals surface area contributed by atoms with Gasteiger partial charge in [0, 0.05) is 24.8 Å². The van der Waals surface area contributed by atoms with Crippen LogP contribution in [0.1, 0.15) is 45.6 Å². The summed E-state index contributed by atoms with van der Waals surface area (Å²) in [5, 5.41) is 10.6. The van der Waals surface area contributed by atoms with E-state index in [1.165, 1.54) is 0 Å². The molecule has 106 valence electrons. The predicted molar refractivity (Wildman–Crippen MR) is 74.7 cm³/mol. The van der Waals surface area contributed by atoms with Crippen molar-refractivity contribution >= 4 is 5.91 Å². The van der Waals surface area contributed by atoms with Crippen molar-refractivity contribution in [2.75, 3.05) is 6.54 Å². The topological polar surface area (TPSA) is 59.0 Å². The molecular formula is C14H24N4O. The van der Waals surface area contributed by atoms with Gasteiger partial charge in [-0.15, -0.1) is 0 Å². The van der Waals surface area contributed by atoms with Gasteiger partial charge >= 0.3 is 0 Å². The Kier molecular flexibility index (Phi) is 4.24. The monoisotopic (exact) mass is 264 g/mol. The van der Waals surface area contributed by atoms with Gasteiger partial charge in [-0.25, -0.2) is 0 Å². The minimum atomic E-state index is -0.0690. The van der Waals surface area contributed by atoms with Crippen LogP contribution in [0.5, 0.6) is 0 Å². The van der Waals surface area contributed by atoms with Gasteiger partial charge in [-0.1, -0.05) is 0 Å². The Morgan fingerprint density at radius 2 is 2.26 bits per heavy atom. The highest BCUT2D eigenvalue weighted by atomic mass is 16.2. The number of hydrogen-bond acceptors (Lipinski definition) is 3. The van der Waals surface area contributed by atoms with E-state index >= 15 is 0 Å². The van der Waals surface area contributed by atoms with E-state index in [-0.39, 0.29) is 17.5 Å².